The molecule has 2 N–H and O–H groups in total. The molecule has 8 nitrogen and oxygen atoms in total. The molecule has 0 spiro atoms. The van der Waals surface area contributed by atoms with E-state index in [1.807, 2.05) is 0 Å². The highest BCUT2D eigenvalue weighted by molar-refractivity contribution is 6.32. The molecule has 0 atom stereocenters. The first-order valence-electron chi connectivity index (χ1n) is 8.39. The summed E-state index contributed by atoms with van der Waals surface area (Å²) in [6.07, 6.45) is 0. The number of amides is 1. The van der Waals surface area contributed by atoms with Crippen LogP contribution in [0.4, 0.5) is 5.69 Å². The maximum absolute atomic E-state index is 12.7. The van der Waals surface area contributed by atoms with Crippen LogP contribution in [-0.4, -0.2) is 29.7 Å². The number of hydrogen-bond acceptors (Lipinski definition) is 5. The summed E-state index contributed by atoms with van der Waals surface area (Å²) in [7, 11) is 2.92. The van der Waals surface area contributed by atoms with E-state index in [9.17, 15) is 14.4 Å². The van der Waals surface area contributed by atoms with Crippen LogP contribution in [0.15, 0.2) is 39.9 Å². The minimum absolute atomic E-state index is 0.292. The van der Waals surface area contributed by atoms with Crippen molar-refractivity contribution in [3.8, 4) is 11.5 Å². The number of carbonyl (C=O) groups excluding carboxylic acids is 1. The Morgan fingerprint density at radius 1 is 1.14 bits per heavy atom. The first-order chi connectivity index (χ1) is 13.4. The molecule has 0 aliphatic heterocycles. The number of nitrogens with zero attached hydrogens (tertiary/aromatic N) is 1. The molecule has 1 aromatic heterocycles. The molecule has 146 valence electrons. The van der Waals surface area contributed by atoms with Crippen molar-refractivity contribution >= 4 is 34.2 Å². The van der Waals surface area contributed by atoms with Gasteiger partial charge in [-0.25, -0.2) is 0 Å². The molecule has 3 rings (SSSR count). The van der Waals surface area contributed by atoms with Gasteiger partial charge in [-0.05, 0) is 25.1 Å². The van der Waals surface area contributed by atoms with Crippen LogP contribution >= 0.6 is 11.6 Å². The maximum Gasteiger partial charge on any atom is 0.316 e. The second kappa shape index (κ2) is 7.77. The zero-order valence-corrected chi connectivity index (χ0v) is 16.2. The molecule has 0 aliphatic carbocycles. The Morgan fingerprint density at radius 3 is 2.50 bits per heavy atom. The molecular formula is C19H18ClN3O5. The number of rotatable bonds is 5. The molecular weight excluding hydrogens is 386 g/mol. The number of aryl methyl sites for hydroxylation is 1. The van der Waals surface area contributed by atoms with Crippen molar-refractivity contribution in [2.45, 2.75) is 13.5 Å². The summed E-state index contributed by atoms with van der Waals surface area (Å²) in [6, 6.07) is 7.79. The molecule has 0 fully saturated rings. The van der Waals surface area contributed by atoms with Gasteiger partial charge in [0.1, 0.15) is 11.5 Å². The minimum atomic E-state index is -0.740. The summed E-state index contributed by atoms with van der Waals surface area (Å²) < 4.78 is 11.8. The maximum atomic E-state index is 12.7. The average molecular weight is 404 g/mol. The van der Waals surface area contributed by atoms with Crippen molar-refractivity contribution in [2.75, 3.05) is 19.5 Å². The van der Waals surface area contributed by atoms with E-state index in [4.69, 9.17) is 21.1 Å². The fourth-order valence-electron chi connectivity index (χ4n) is 2.89. The molecule has 0 radical (unpaired) electrons. The lowest BCUT2D eigenvalue weighted by molar-refractivity contribution is 0.102. The lowest BCUT2D eigenvalue weighted by Crippen LogP contribution is -2.36. The molecule has 3 aromatic rings. The van der Waals surface area contributed by atoms with Crippen molar-refractivity contribution in [3.63, 3.8) is 0 Å². The normalized spacial score (nSPS) is 10.7. The summed E-state index contributed by atoms with van der Waals surface area (Å²) in [5.74, 6) is 0.320. The number of methoxy groups -OCH3 is 2. The van der Waals surface area contributed by atoms with Gasteiger partial charge in [-0.2, -0.15) is 0 Å². The molecule has 1 heterocycles. The average Bonchev–Trinajstić information content (AvgIpc) is 2.69. The van der Waals surface area contributed by atoms with Crippen molar-refractivity contribution < 1.29 is 14.3 Å². The second-order valence-corrected chi connectivity index (χ2v) is 6.28. The Morgan fingerprint density at radius 2 is 1.86 bits per heavy atom. The molecule has 28 heavy (non-hydrogen) atoms. The smallest absolute Gasteiger partial charge is 0.316 e. The van der Waals surface area contributed by atoms with E-state index < -0.39 is 17.0 Å². The molecule has 0 aliphatic rings. The number of ether oxygens (including phenoxy) is 2. The van der Waals surface area contributed by atoms with Crippen LogP contribution in [0.5, 0.6) is 11.5 Å². The van der Waals surface area contributed by atoms with E-state index in [1.54, 1.807) is 25.1 Å². The molecule has 1 amide bonds. The second-order valence-electron chi connectivity index (χ2n) is 5.88. The van der Waals surface area contributed by atoms with E-state index in [0.29, 0.717) is 45.4 Å². The van der Waals surface area contributed by atoms with Gasteiger partial charge in [0.15, 0.2) is 0 Å². The zero-order chi connectivity index (χ0) is 20.4. The predicted octanol–water partition coefficient (Wildman–Crippen LogP) is 2.63. The minimum Gasteiger partial charge on any atom is -0.495 e. The van der Waals surface area contributed by atoms with Crippen LogP contribution in [0, 0.1) is 0 Å². The van der Waals surface area contributed by atoms with Gasteiger partial charge in [-0.1, -0.05) is 11.6 Å². The summed E-state index contributed by atoms with van der Waals surface area (Å²) in [5, 5.41) is 3.08. The van der Waals surface area contributed by atoms with Crippen molar-refractivity contribution in [3.05, 3.63) is 61.6 Å². The van der Waals surface area contributed by atoms with Gasteiger partial charge in [0.05, 0.1) is 36.0 Å². The first kappa shape index (κ1) is 19.5. The molecule has 0 bridgehead atoms. The predicted molar refractivity (Wildman–Crippen MR) is 107 cm³/mol. The third-order valence-corrected chi connectivity index (χ3v) is 4.57. The molecule has 0 saturated carbocycles. The largest absolute Gasteiger partial charge is 0.495 e. The summed E-state index contributed by atoms with van der Waals surface area (Å²) in [5.41, 5.74) is 0.219. The first-order valence-corrected chi connectivity index (χ1v) is 8.77. The number of aromatic amines is 1. The fraction of sp³-hybridized carbons (Fsp3) is 0.211. The number of nitrogens with one attached hydrogen (secondary N) is 2. The number of halogens is 1. The van der Waals surface area contributed by atoms with Crippen molar-refractivity contribution in [1.82, 2.24) is 9.55 Å². The van der Waals surface area contributed by atoms with Crippen LogP contribution in [0.2, 0.25) is 5.02 Å². The van der Waals surface area contributed by atoms with Crippen LogP contribution in [0.25, 0.3) is 11.0 Å². The Labute approximate surface area is 164 Å². The Bertz CT molecular complexity index is 1180. The van der Waals surface area contributed by atoms with Crippen LogP contribution in [-0.2, 0) is 6.54 Å². The van der Waals surface area contributed by atoms with Gasteiger partial charge in [-0.15, -0.1) is 0 Å². The lowest BCUT2D eigenvalue weighted by Gasteiger charge is -2.13. The van der Waals surface area contributed by atoms with Gasteiger partial charge in [0.2, 0.25) is 0 Å². The van der Waals surface area contributed by atoms with Crippen LogP contribution in [0.3, 0.4) is 0 Å². The standard InChI is InChI=1S/C19H18ClN3O5/c1-4-23-14-6-5-10(7-12(14)21-18(25)19(23)26)17(24)22-13-9-15(27-2)11(20)8-16(13)28-3/h5-9H,4H2,1-3H3,(H,21,25)(H,22,24). The molecule has 2 aromatic carbocycles. The number of anilines is 1. The van der Waals surface area contributed by atoms with Gasteiger partial charge in [-0.3, -0.25) is 14.4 Å². The molecule has 0 saturated heterocycles. The summed E-state index contributed by atoms with van der Waals surface area (Å²) in [4.78, 5) is 39.0. The highest BCUT2D eigenvalue weighted by Gasteiger charge is 2.15. The Balaban J connectivity index is 2.02. The lowest BCUT2D eigenvalue weighted by atomic mass is 10.1. The monoisotopic (exact) mass is 403 g/mol. The molecule has 0 unspecified atom stereocenters. The van der Waals surface area contributed by atoms with Gasteiger partial charge >= 0.3 is 11.1 Å². The number of carbonyl (C=O) groups is 1. The summed E-state index contributed by atoms with van der Waals surface area (Å²) in [6.45, 7) is 2.10. The third-order valence-electron chi connectivity index (χ3n) is 4.28. The Hall–Kier alpha value is -3.26. The van der Waals surface area contributed by atoms with E-state index in [0.717, 1.165) is 0 Å². The van der Waals surface area contributed by atoms with E-state index in [1.165, 1.54) is 30.9 Å². The number of benzene rings is 2. The van der Waals surface area contributed by atoms with Crippen LogP contribution in [0.1, 0.15) is 17.3 Å². The topological polar surface area (TPSA) is 102 Å². The zero-order valence-electron chi connectivity index (χ0n) is 15.5. The van der Waals surface area contributed by atoms with E-state index >= 15 is 0 Å². The highest BCUT2D eigenvalue weighted by atomic mass is 35.5. The number of H-pyrrole nitrogens is 1. The third kappa shape index (κ3) is 3.46. The molecule has 9 heteroatoms. The van der Waals surface area contributed by atoms with Gasteiger partial charge in [0, 0.05) is 24.2 Å². The van der Waals surface area contributed by atoms with Crippen molar-refractivity contribution in [1.29, 1.82) is 0 Å². The quantitative estimate of drug-likeness (QED) is 0.637. The number of aromatic nitrogens is 2. The van der Waals surface area contributed by atoms with Gasteiger partial charge in [0.25, 0.3) is 5.91 Å². The van der Waals surface area contributed by atoms with E-state index in [-0.39, 0.29) is 0 Å². The van der Waals surface area contributed by atoms with Gasteiger partial charge < -0.3 is 24.3 Å². The fourth-order valence-corrected chi connectivity index (χ4v) is 3.12. The number of fused-ring (bicyclic) bond motifs is 1. The van der Waals surface area contributed by atoms with Crippen molar-refractivity contribution in [2.24, 2.45) is 0 Å². The Kier molecular flexibility index (Phi) is 5.41. The highest BCUT2D eigenvalue weighted by Crippen LogP contribution is 2.36. The number of hydrogen-bond donors (Lipinski definition) is 2. The van der Waals surface area contributed by atoms with E-state index in [2.05, 4.69) is 10.3 Å². The summed E-state index contributed by atoms with van der Waals surface area (Å²) >= 11 is 6.08. The van der Waals surface area contributed by atoms with Crippen LogP contribution < -0.4 is 25.9 Å². The SMILES string of the molecule is CCn1c(=O)c(=O)[nH]c2cc(C(=O)Nc3cc(OC)c(Cl)cc3OC)ccc21.